The standard InChI is InChI=1S/C17H25N/c1-3-5-8-15-10-12-17(13-11-15)18-14-7-6-9-16(18)4-2/h4,10-13,16H,2-3,5-9,14H2,1H3. The van der Waals surface area contributed by atoms with Crippen molar-refractivity contribution in [3.63, 3.8) is 0 Å². The van der Waals surface area contributed by atoms with E-state index < -0.39 is 0 Å². The molecule has 1 heteroatoms. The van der Waals surface area contributed by atoms with Crippen molar-refractivity contribution in [2.45, 2.75) is 51.5 Å². The molecule has 1 fully saturated rings. The largest absolute Gasteiger partial charge is 0.365 e. The molecule has 0 aromatic heterocycles. The van der Waals surface area contributed by atoms with Crippen LogP contribution in [0.5, 0.6) is 0 Å². The van der Waals surface area contributed by atoms with Gasteiger partial charge in [0.25, 0.3) is 0 Å². The first-order valence-corrected chi connectivity index (χ1v) is 7.33. The van der Waals surface area contributed by atoms with Crippen LogP contribution in [0.15, 0.2) is 36.9 Å². The number of anilines is 1. The summed E-state index contributed by atoms with van der Waals surface area (Å²) < 4.78 is 0. The number of piperidine rings is 1. The summed E-state index contributed by atoms with van der Waals surface area (Å²) >= 11 is 0. The van der Waals surface area contributed by atoms with Crippen molar-refractivity contribution >= 4 is 5.69 Å². The molecule has 0 N–H and O–H groups in total. The average molecular weight is 243 g/mol. The topological polar surface area (TPSA) is 3.24 Å². The lowest BCUT2D eigenvalue weighted by molar-refractivity contribution is 0.515. The molecule has 0 saturated carbocycles. The minimum atomic E-state index is 0.528. The molecule has 0 radical (unpaired) electrons. The van der Waals surface area contributed by atoms with E-state index in [9.17, 15) is 0 Å². The van der Waals surface area contributed by atoms with E-state index in [1.165, 1.54) is 56.3 Å². The number of nitrogens with zero attached hydrogens (tertiary/aromatic N) is 1. The molecule has 1 aromatic rings. The van der Waals surface area contributed by atoms with Crippen molar-refractivity contribution < 1.29 is 0 Å². The van der Waals surface area contributed by atoms with Gasteiger partial charge < -0.3 is 4.90 Å². The van der Waals surface area contributed by atoms with Crippen LogP contribution >= 0.6 is 0 Å². The second-order valence-corrected chi connectivity index (χ2v) is 5.26. The van der Waals surface area contributed by atoms with Gasteiger partial charge >= 0.3 is 0 Å². The molecule has 1 heterocycles. The summed E-state index contributed by atoms with van der Waals surface area (Å²) in [6, 6.07) is 9.68. The summed E-state index contributed by atoms with van der Waals surface area (Å²) in [5.74, 6) is 0. The van der Waals surface area contributed by atoms with E-state index in [-0.39, 0.29) is 0 Å². The first-order chi connectivity index (χ1) is 8.85. The second kappa shape index (κ2) is 6.63. The molecule has 18 heavy (non-hydrogen) atoms. The lowest BCUT2D eigenvalue weighted by atomic mass is 10.0. The monoisotopic (exact) mass is 243 g/mol. The highest BCUT2D eigenvalue weighted by Crippen LogP contribution is 2.25. The summed E-state index contributed by atoms with van der Waals surface area (Å²) in [5.41, 5.74) is 2.83. The van der Waals surface area contributed by atoms with E-state index in [4.69, 9.17) is 0 Å². The molecule has 1 aliphatic heterocycles. The van der Waals surface area contributed by atoms with Gasteiger partial charge in [-0.05, 0) is 49.8 Å². The number of hydrogen-bond donors (Lipinski definition) is 0. The quantitative estimate of drug-likeness (QED) is 0.684. The van der Waals surface area contributed by atoms with E-state index in [1.807, 2.05) is 0 Å². The number of rotatable bonds is 5. The third kappa shape index (κ3) is 3.16. The summed E-state index contributed by atoms with van der Waals surface area (Å²) in [7, 11) is 0. The van der Waals surface area contributed by atoms with Gasteiger partial charge in [-0.25, -0.2) is 0 Å². The van der Waals surface area contributed by atoms with Crippen LogP contribution in [0.25, 0.3) is 0 Å². The van der Waals surface area contributed by atoms with Gasteiger partial charge in [-0.3, -0.25) is 0 Å². The normalized spacial score (nSPS) is 19.8. The van der Waals surface area contributed by atoms with Gasteiger partial charge in [0, 0.05) is 18.3 Å². The number of hydrogen-bond acceptors (Lipinski definition) is 1. The smallest absolute Gasteiger partial charge is 0.0470 e. The SMILES string of the molecule is C=CC1CCCCN1c1ccc(CCCC)cc1. The van der Waals surface area contributed by atoms with Crippen LogP contribution in [-0.2, 0) is 6.42 Å². The predicted molar refractivity (Wildman–Crippen MR) is 80.2 cm³/mol. The molecular formula is C17H25N. The van der Waals surface area contributed by atoms with Crippen LogP contribution in [0.1, 0.15) is 44.6 Å². The minimum absolute atomic E-state index is 0.528. The minimum Gasteiger partial charge on any atom is -0.365 e. The van der Waals surface area contributed by atoms with Crippen LogP contribution in [0.2, 0.25) is 0 Å². The number of aryl methyl sites for hydroxylation is 1. The Kier molecular flexibility index (Phi) is 4.86. The zero-order valence-electron chi connectivity index (χ0n) is 11.6. The first kappa shape index (κ1) is 13.2. The Hall–Kier alpha value is -1.24. The molecule has 1 unspecified atom stereocenters. The molecule has 1 nitrogen and oxygen atoms in total. The predicted octanol–water partition coefficient (Wildman–Crippen LogP) is 4.57. The number of unbranched alkanes of at least 4 members (excludes halogenated alkanes) is 1. The Morgan fingerprint density at radius 1 is 1.28 bits per heavy atom. The van der Waals surface area contributed by atoms with Crippen LogP contribution in [0.4, 0.5) is 5.69 Å². The van der Waals surface area contributed by atoms with Gasteiger partial charge in [-0.2, -0.15) is 0 Å². The Morgan fingerprint density at radius 2 is 2.06 bits per heavy atom. The van der Waals surface area contributed by atoms with Crippen molar-refractivity contribution in [2.75, 3.05) is 11.4 Å². The van der Waals surface area contributed by atoms with Crippen LogP contribution in [0.3, 0.4) is 0 Å². The zero-order chi connectivity index (χ0) is 12.8. The third-order valence-electron chi connectivity index (χ3n) is 3.91. The molecule has 0 amide bonds. The Morgan fingerprint density at radius 3 is 2.72 bits per heavy atom. The average Bonchev–Trinajstić information content (AvgIpc) is 2.45. The highest BCUT2D eigenvalue weighted by atomic mass is 15.2. The van der Waals surface area contributed by atoms with Crippen molar-refractivity contribution in [1.82, 2.24) is 0 Å². The molecule has 1 atom stereocenters. The fourth-order valence-corrected chi connectivity index (χ4v) is 2.76. The lowest BCUT2D eigenvalue weighted by Crippen LogP contribution is -2.38. The first-order valence-electron chi connectivity index (χ1n) is 7.33. The molecule has 1 aromatic carbocycles. The Labute approximate surface area is 112 Å². The van der Waals surface area contributed by atoms with Crippen LogP contribution in [0, 0.1) is 0 Å². The van der Waals surface area contributed by atoms with Crippen molar-refractivity contribution in [2.24, 2.45) is 0 Å². The second-order valence-electron chi connectivity index (χ2n) is 5.26. The molecule has 98 valence electrons. The molecule has 1 saturated heterocycles. The van der Waals surface area contributed by atoms with Gasteiger partial charge in [0.05, 0.1) is 0 Å². The maximum absolute atomic E-state index is 3.98. The molecule has 0 aliphatic carbocycles. The third-order valence-corrected chi connectivity index (χ3v) is 3.91. The lowest BCUT2D eigenvalue weighted by Gasteiger charge is -2.36. The maximum atomic E-state index is 3.98. The highest BCUT2D eigenvalue weighted by Gasteiger charge is 2.19. The molecule has 1 aliphatic rings. The van der Waals surface area contributed by atoms with Gasteiger partial charge in [0.1, 0.15) is 0 Å². The van der Waals surface area contributed by atoms with Gasteiger partial charge in [0.15, 0.2) is 0 Å². The molecular weight excluding hydrogens is 218 g/mol. The summed E-state index contributed by atoms with van der Waals surface area (Å²) in [6.07, 6.45) is 9.77. The molecule has 2 rings (SSSR count). The zero-order valence-corrected chi connectivity index (χ0v) is 11.6. The van der Waals surface area contributed by atoms with Crippen LogP contribution in [-0.4, -0.2) is 12.6 Å². The van der Waals surface area contributed by atoms with Crippen molar-refractivity contribution in [1.29, 1.82) is 0 Å². The van der Waals surface area contributed by atoms with Crippen molar-refractivity contribution in [3.8, 4) is 0 Å². The summed E-state index contributed by atoms with van der Waals surface area (Å²) in [4.78, 5) is 2.50. The summed E-state index contributed by atoms with van der Waals surface area (Å²) in [6.45, 7) is 7.39. The van der Waals surface area contributed by atoms with E-state index in [0.717, 1.165) is 0 Å². The fourth-order valence-electron chi connectivity index (χ4n) is 2.76. The Bertz CT molecular complexity index is 366. The van der Waals surface area contributed by atoms with E-state index in [1.54, 1.807) is 0 Å². The number of benzene rings is 1. The fraction of sp³-hybridized carbons (Fsp3) is 0.529. The van der Waals surface area contributed by atoms with E-state index in [2.05, 4.69) is 48.7 Å². The van der Waals surface area contributed by atoms with Gasteiger partial charge in [-0.15, -0.1) is 6.58 Å². The van der Waals surface area contributed by atoms with Gasteiger partial charge in [-0.1, -0.05) is 31.6 Å². The molecule has 0 bridgehead atoms. The van der Waals surface area contributed by atoms with E-state index in [0.29, 0.717) is 6.04 Å². The highest BCUT2D eigenvalue weighted by molar-refractivity contribution is 5.50. The van der Waals surface area contributed by atoms with Crippen LogP contribution < -0.4 is 4.90 Å². The maximum Gasteiger partial charge on any atom is 0.0470 e. The van der Waals surface area contributed by atoms with Gasteiger partial charge in [0.2, 0.25) is 0 Å². The van der Waals surface area contributed by atoms with Crippen molar-refractivity contribution in [3.05, 3.63) is 42.5 Å². The molecule has 0 spiro atoms. The summed E-state index contributed by atoms with van der Waals surface area (Å²) in [5, 5.41) is 0. The van der Waals surface area contributed by atoms with E-state index >= 15 is 0 Å². The Balaban J connectivity index is 2.05.